The van der Waals surface area contributed by atoms with E-state index in [1.165, 1.54) is 0 Å². The summed E-state index contributed by atoms with van der Waals surface area (Å²) in [5.74, 6) is -0.377. The number of carbonyl (C=O) groups excluding carboxylic acids is 1. The van der Waals surface area contributed by atoms with Crippen molar-refractivity contribution in [3.8, 4) is 0 Å². The van der Waals surface area contributed by atoms with E-state index in [0.717, 1.165) is 12.8 Å². The summed E-state index contributed by atoms with van der Waals surface area (Å²) in [5, 5.41) is 3.10. The molecule has 0 bridgehead atoms. The van der Waals surface area contributed by atoms with Gasteiger partial charge in [-0.3, -0.25) is 4.79 Å². The molecule has 0 radical (unpaired) electrons. The molecule has 82 valence electrons. The summed E-state index contributed by atoms with van der Waals surface area (Å²) in [6.07, 6.45) is 3.72. The summed E-state index contributed by atoms with van der Waals surface area (Å²) in [5.41, 5.74) is 5.20. The van der Waals surface area contributed by atoms with E-state index in [-0.39, 0.29) is 11.9 Å². The van der Waals surface area contributed by atoms with Crippen LogP contribution in [0.2, 0.25) is 0 Å². The second-order valence-electron chi connectivity index (χ2n) is 3.34. The molecule has 0 aromatic rings. The van der Waals surface area contributed by atoms with Crippen LogP contribution in [0.25, 0.3) is 0 Å². The summed E-state index contributed by atoms with van der Waals surface area (Å²) >= 11 is 0. The van der Waals surface area contributed by atoms with Gasteiger partial charge in [0.05, 0.1) is 6.61 Å². The zero-order chi connectivity index (χ0) is 11.0. The van der Waals surface area contributed by atoms with Gasteiger partial charge in [-0.25, -0.2) is 0 Å². The Morgan fingerprint density at radius 1 is 1.71 bits per heavy atom. The van der Waals surface area contributed by atoms with Gasteiger partial charge in [0.2, 0.25) is 5.91 Å². The minimum absolute atomic E-state index is 0.237. The Balaban J connectivity index is 3.88. The number of nitrogens with one attached hydrogen (secondary N) is 1. The summed E-state index contributed by atoms with van der Waals surface area (Å²) in [6.45, 7) is 5.96. The first-order valence-electron chi connectivity index (χ1n) is 4.77. The highest BCUT2D eigenvalue weighted by molar-refractivity contribution is 5.80. The molecule has 4 heteroatoms. The zero-order valence-electron chi connectivity index (χ0n) is 8.95. The summed E-state index contributed by atoms with van der Waals surface area (Å²) in [4.78, 5) is 11.0. The quantitative estimate of drug-likeness (QED) is 0.558. The molecular formula is C10H20N2O2. The third-order valence-electron chi connectivity index (χ3n) is 1.97. The fourth-order valence-electron chi connectivity index (χ4n) is 1.17. The Morgan fingerprint density at radius 2 is 2.36 bits per heavy atom. The standard InChI is InChI=1S/C10H20N2O2/c1-4-5-6-8(2)12-9(7-14-3)10(11)13/h4,8-9,12H,1,5-7H2,2-3H3,(H2,11,13). The number of allylic oxidation sites excluding steroid dienone is 1. The van der Waals surface area contributed by atoms with Gasteiger partial charge in [0.1, 0.15) is 6.04 Å². The number of carbonyl (C=O) groups is 1. The molecule has 0 rings (SSSR count). The molecule has 0 aliphatic heterocycles. The van der Waals surface area contributed by atoms with E-state index in [0.29, 0.717) is 6.61 Å². The molecule has 4 nitrogen and oxygen atoms in total. The van der Waals surface area contributed by atoms with E-state index in [1.807, 2.05) is 13.0 Å². The molecule has 0 saturated heterocycles. The van der Waals surface area contributed by atoms with E-state index in [4.69, 9.17) is 10.5 Å². The van der Waals surface area contributed by atoms with Crippen LogP contribution in [-0.2, 0) is 9.53 Å². The van der Waals surface area contributed by atoms with Gasteiger partial charge in [-0.15, -0.1) is 6.58 Å². The van der Waals surface area contributed by atoms with Crippen LogP contribution >= 0.6 is 0 Å². The first kappa shape index (κ1) is 13.1. The van der Waals surface area contributed by atoms with Crippen LogP contribution in [-0.4, -0.2) is 31.7 Å². The molecule has 0 aliphatic carbocycles. The fourth-order valence-corrected chi connectivity index (χ4v) is 1.17. The molecule has 3 N–H and O–H groups in total. The van der Waals surface area contributed by atoms with Crippen LogP contribution < -0.4 is 11.1 Å². The van der Waals surface area contributed by atoms with Gasteiger partial charge in [0, 0.05) is 13.2 Å². The van der Waals surface area contributed by atoms with Crippen molar-refractivity contribution in [1.82, 2.24) is 5.32 Å². The van der Waals surface area contributed by atoms with Gasteiger partial charge in [-0.1, -0.05) is 6.08 Å². The van der Waals surface area contributed by atoms with Gasteiger partial charge in [-0.05, 0) is 19.8 Å². The van der Waals surface area contributed by atoms with E-state index in [1.54, 1.807) is 7.11 Å². The number of rotatable bonds is 8. The molecule has 1 amide bonds. The molecule has 0 saturated carbocycles. The Labute approximate surface area is 85.5 Å². The zero-order valence-corrected chi connectivity index (χ0v) is 8.95. The lowest BCUT2D eigenvalue weighted by Crippen LogP contribution is -2.48. The van der Waals surface area contributed by atoms with Crippen molar-refractivity contribution in [3.63, 3.8) is 0 Å². The van der Waals surface area contributed by atoms with Crippen LogP contribution in [0.5, 0.6) is 0 Å². The number of primary amides is 1. The largest absolute Gasteiger partial charge is 0.383 e. The summed E-state index contributed by atoms with van der Waals surface area (Å²) in [6, 6.07) is -0.166. The smallest absolute Gasteiger partial charge is 0.236 e. The highest BCUT2D eigenvalue weighted by Crippen LogP contribution is 1.98. The minimum Gasteiger partial charge on any atom is -0.383 e. The second-order valence-corrected chi connectivity index (χ2v) is 3.34. The van der Waals surface area contributed by atoms with E-state index < -0.39 is 6.04 Å². The van der Waals surface area contributed by atoms with E-state index in [2.05, 4.69) is 11.9 Å². The number of methoxy groups -OCH3 is 1. The average molecular weight is 200 g/mol. The molecule has 0 aromatic carbocycles. The van der Waals surface area contributed by atoms with Crippen LogP contribution in [0.3, 0.4) is 0 Å². The summed E-state index contributed by atoms with van der Waals surface area (Å²) < 4.78 is 4.89. The Morgan fingerprint density at radius 3 is 2.79 bits per heavy atom. The molecule has 2 unspecified atom stereocenters. The highest BCUT2D eigenvalue weighted by atomic mass is 16.5. The summed E-state index contributed by atoms with van der Waals surface area (Å²) in [7, 11) is 1.55. The lowest BCUT2D eigenvalue weighted by Gasteiger charge is -2.19. The van der Waals surface area contributed by atoms with Crippen molar-refractivity contribution >= 4 is 5.91 Å². The predicted molar refractivity (Wildman–Crippen MR) is 56.9 cm³/mol. The van der Waals surface area contributed by atoms with Gasteiger partial charge in [-0.2, -0.15) is 0 Å². The van der Waals surface area contributed by atoms with Crippen molar-refractivity contribution in [3.05, 3.63) is 12.7 Å². The van der Waals surface area contributed by atoms with E-state index >= 15 is 0 Å². The van der Waals surface area contributed by atoms with Crippen LogP contribution in [0.15, 0.2) is 12.7 Å². The van der Waals surface area contributed by atoms with Crippen molar-refractivity contribution in [2.75, 3.05) is 13.7 Å². The minimum atomic E-state index is -0.403. The number of hydrogen-bond donors (Lipinski definition) is 2. The van der Waals surface area contributed by atoms with Crippen LogP contribution in [0.1, 0.15) is 19.8 Å². The first-order chi connectivity index (χ1) is 6.61. The lowest BCUT2D eigenvalue weighted by atomic mass is 10.1. The van der Waals surface area contributed by atoms with Gasteiger partial charge >= 0.3 is 0 Å². The van der Waals surface area contributed by atoms with Gasteiger partial charge in [0.15, 0.2) is 0 Å². The molecule has 0 aliphatic rings. The van der Waals surface area contributed by atoms with Crippen molar-refractivity contribution in [2.24, 2.45) is 5.73 Å². The van der Waals surface area contributed by atoms with Crippen LogP contribution in [0, 0.1) is 0 Å². The Bertz CT molecular complexity index is 183. The normalized spacial score (nSPS) is 14.7. The van der Waals surface area contributed by atoms with Crippen molar-refractivity contribution < 1.29 is 9.53 Å². The Hall–Kier alpha value is -0.870. The maximum atomic E-state index is 11.0. The fraction of sp³-hybridized carbons (Fsp3) is 0.700. The van der Waals surface area contributed by atoms with E-state index in [9.17, 15) is 4.79 Å². The molecule has 2 atom stereocenters. The number of hydrogen-bond acceptors (Lipinski definition) is 3. The molecule has 0 aromatic heterocycles. The third-order valence-corrected chi connectivity index (χ3v) is 1.97. The number of nitrogens with two attached hydrogens (primary N) is 1. The van der Waals surface area contributed by atoms with Gasteiger partial charge < -0.3 is 15.8 Å². The SMILES string of the molecule is C=CCCC(C)NC(COC)C(N)=O. The maximum Gasteiger partial charge on any atom is 0.236 e. The topological polar surface area (TPSA) is 64.3 Å². The predicted octanol–water partition coefficient (Wildman–Crippen LogP) is 0.431. The first-order valence-corrected chi connectivity index (χ1v) is 4.77. The monoisotopic (exact) mass is 200 g/mol. The average Bonchev–Trinajstić information content (AvgIpc) is 2.14. The molecule has 0 fully saturated rings. The molecule has 0 spiro atoms. The third kappa shape index (κ3) is 5.72. The van der Waals surface area contributed by atoms with Gasteiger partial charge in [0.25, 0.3) is 0 Å². The molecular weight excluding hydrogens is 180 g/mol. The molecule has 14 heavy (non-hydrogen) atoms. The Kier molecular flexibility index (Phi) is 7.06. The maximum absolute atomic E-state index is 11.0. The molecule has 0 heterocycles. The second kappa shape index (κ2) is 7.53. The lowest BCUT2D eigenvalue weighted by molar-refractivity contribution is -0.121. The highest BCUT2D eigenvalue weighted by Gasteiger charge is 2.16. The van der Waals surface area contributed by atoms with Crippen molar-refractivity contribution in [1.29, 1.82) is 0 Å². The van der Waals surface area contributed by atoms with Crippen molar-refractivity contribution in [2.45, 2.75) is 31.8 Å². The number of ether oxygens (including phenoxy) is 1. The van der Waals surface area contributed by atoms with Crippen LogP contribution in [0.4, 0.5) is 0 Å². The number of amides is 1.